The van der Waals surface area contributed by atoms with E-state index in [1.807, 2.05) is 0 Å². The Morgan fingerprint density at radius 2 is 1.00 bits per heavy atom. The van der Waals surface area contributed by atoms with Crippen molar-refractivity contribution >= 4 is 23.9 Å². The van der Waals surface area contributed by atoms with Crippen LogP contribution in [0.3, 0.4) is 0 Å². The Kier molecular flexibility index (Phi) is 5.81. The van der Waals surface area contributed by atoms with Crippen molar-refractivity contribution in [2.24, 2.45) is 0 Å². The second-order valence-electron chi connectivity index (χ2n) is 2.22. The summed E-state index contributed by atoms with van der Waals surface area (Å²) in [6.07, 6.45) is 2.84. The Morgan fingerprint density at radius 3 is 1.25 bits per heavy atom. The Morgan fingerprint density at radius 1 is 0.688 bits per heavy atom. The van der Waals surface area contributed by atoms with Crippen molar-refractivity contribution in [3.8, 4) is 0 Å². The molecule has 6 nitrogen and oxygen atoms in total. The maximum Gasteiger partial charge on any atom is 0.338 e. The number of ether oxygens (including phenoxy) is 2. The molecule has 6 heteroatoms. The molecule has 0 aromatic carbocycles. The van der Waals surface area contributed by atoms with E-state index in [9.17, 15) is 19.2 Å². The average Bonchev–Trinajstić information content (AvgIpc) is 2.26. The smallest absolute Gasteiger partial charge is 0.338 e. The number of carbonyl (C=O) groups is 4. The first-order chi connectivity index (χ1) is 7.49. The third kappa shape index (κ3) is 6.03. The highest BCUT2D eigenvalue weighted by Crippen LogP contribution is 1.88. The molecule has 0 bridgehead atoms. The first-order valence-electron chi connectivity index (χ1n) is 3.94. The molecule has 0 heterocycles. The predicted octanol–water partition coefficient (Wildman–Crippen LogP) is 0.0542. The largest absolute Gasteiger partial charge is 0.387 e. The fourth-order valence-corrected chi connectivity index (χ4v) is 0.486. The minimum Gasteiger partial charge on any atom is -0.387 e. The van der Waals surface area contributed by atoms with Gasteiger partial charge in [-0.1, -0.05) is 13.2 Å². The third-order valence-corrected chi connectivity index (χ3v) is 1.09. The molecule has 0 rings (SSSR count). The molecule has 0 radical (unpaired) electrons. The molecule has 0 aliphatic carbocycles. The van der Waals surface area contributed by atoms with E-state index in [4.69, 9.17) is 0 Å². The number of rotatable bonds is 4. The summed E-state index contributed by atoms with van der Waals surface area (Å²) in [4.78, 5) is 42.6. The van der Waals surface area contributed by atoms with Crippen LogP contribution in [-0.4, -0.2) is 23.9 Å². The van der Waals surface area contributed by atoms with E-state index in [0.29, 0.717) is 12.2 Å². The SMILES string of the molecule is C=CC(=O)OC(=O)/C=C/C(=O)OC(=O)C=C. The van der Waals surface area contributed by atoms with Gasteiger partial charge in [0.15, 0.2) is 0 Å². The molecule has 0 saturated heterocycles. The van der Waals surface area contributed by atoms with Crippen molar-refractivity contribution in [1.82, 2.24) is 0 Å². The highest BCUT2D eigenvalue weighted by Gasteiger charge is 2.06. The van der Waals surface area contributed by atoms with Crippen LogP contribution in [0.15, 0.2) is 37.5 Å². The zero-order chi connectivity index (χ0) is 12.6. The van der Waals surface area contributed by atoms with Gasteiger partial charge in [0.05, 0.1) is 0 Å². The Hall–Kier alpha value is -2.50. The van der Waals surface area contributed by atoms with Crippen LogP contribution in [0.2, 0.25) is 0 Å². The Bertz CT molecular complexity index is 341. The summed E-state index contributed by atoms with van der Waals surface area (Å²) < 4.78 is 8.17. The van der Waals surface area contributed by atoms with E-state index in [1.165, 1.54) is 0 Å². The lowest BCUT2D eigenvalue weighted by Crippen LogP contribution is -2.10. The van der Waals surface area contributed by atoms with Crippen LogP contribution in [0.1, 0.15) is 0 Å². The van der Waals surface area contributed by atoms with Gasteiger partial charge in [0, 0.05) is 24.3 Å². The highest BCUT2D eigenvalue weighted by atomic mass is 16.6. The van der Waals surface area contributed by atoms with Gasteiger partial charge in [-0.3, -0.25) is 0 Å². The quantitative estimate of drug-likeness (QED) is 0.381. The Balaban J connectivity index is 4.17. The van der Waals surface area contributed by atoms with Crippen LogP contribution in [0.4, 0.5) is 0 Å². The fourth-order valence-electron chi connectivity index (χ4n) is 0.486. The normalized spacial score (nSPS) is 9.25. The van der Waals surface area contributed by atoms with Gasteiger partial charge in [-0.15, -0.1) is 0 Å². The zero-order valence-corrected chi connectivity index (χ0v) is 8.17. The van der Waals surface area contributed by atoms with Gasteiger partial charge in [0.1, 0.15) is 0 Å². The minimum atomic E-state index is -1.08. The molecule has 84 valence electrons. The van der Waals surface area contributed by atoms with Crippen molar-refractivity contribution in [1.29, 1.82) is 0 Å². The lowest BCUT2D eigenvalue weighted by Gasteiger charge is -1.94. The minimum absolute atomic E-state index is 0.639. The molecule has 0 aromatic heterocycles. The Labute approximate surface area is 90.8 Å². The second kappa shape index (κ2) is 6.88. The summed E-state index contributed by atoms with van der Waals surface area (Å²) >= 11 is 0. The van der Waals surface area contributed by atoms with E-state index in [1.54, 1.807) is 0 Å². The molecule has 0 aliphatic heterocycles. The van der Waals surface area contributed by atoms with Crippen LogP contribution < -0.4 is 0 Å². The predicted molar refractivity (Wildman–Crippen MR) is 51.7 cm³/mol. The maximum atomic E-state index is 10.8. The lowest BCUT2D eigenvalue weighted by atomic mass is 10.5. The van der Waals surface area contributed by atoms with Crippen molar-refractivity contribution in [3.63, 3.8) is 0 Å². The van der Waals surface area contributed by atoms with E-state index in [-0.39, 0.29) is 0 Å². The van der Waals surface area contributed by atoms with E-state index in [2.05, 4.69) is 22.6 Å². The molecule has 0 N–H and O–H groups in total. The van der Waals surface area contributed by atoms with E-state index in [0.717, 1.165) is 12.2 Å². The summed E-state index contributed by atoms with van der Waals surface area (Å²) in [5.74, 6) is -4.06. The topological polar surface area (TPSA) is 86.7 Å². The molecule has 0 atom stereocenters. The number of hydrogen-bond donors (Lipinski definition) is 0. The molecule has 16 heavy (non-hydrogen) atoms. The van der Waals surface area contributed by atoms with Gasteiger partial charge in [-0.25, -0.2) is 19.2 Å². The van der Waals surface area contributed by atoms with Crippen LogP contribution in [0.25, 0.3) is 0 Å². The van der Waals surface area contributed by atoms with Crippen molar-refractivity contribution < 1.29 is 28.7 Å². The number of esters is 4. The van der Waals surface area contributed by atoms with Crippen molar-refractivity contribution in [2.75, 3.05) is 0 Å². The first kappa shape index (κ1) is 13.5. The van der Waals surface area contributed by atoms with E-state index >= 15 is 0 Å². The van der Waals surface area contributed by atoms with Crippen LogP contribution in [0, 0.1) is 0 Å². The number of carbonyl (C=O) groups excluding carboxylic acids is 4. The molecule has 0 aromatic rings. The summed E-state index contributed by atoms with van der Waals surface area (Å²) in [6, 6.07) is 0. The third-order valence-electron chi connectivity index (χ3n) is 1.09. The summed E-state index contributed by atoms with van der Waals surface area (Å²) in [6.45, 7) is 6.12. The van der Waals surface area contributed by atoms with Gasteiger partial charge in [0.2, 0.25) is 0 Å². The molecule has 0 spiro atoms. The molecular formula is C10H8O6. The average molecular weight is 224 g/mol. The summed E-state index contributed by atoms with van der Waals surface area (Å²) in [5.41, 5.74) is 0. The van der Waals surface area contributed by atoms with Crippen molar-refractivity contribution in [3.05, 3.63) is 37.5 Å². The highest BCUT2D eigenvalue weighted by molar-refractivity contribution is 6.01. The molecular weight excluding hydrogens is 216 g/mol. The zero-order valence-electron chi connectivity index (χ0n) is 8.17. The van der Waals surface area contributed by atoms with Gasteiger partial charge in [-0.2, -0.15) is 0 Å². The number of hydrogen-bond acceptors (Lipinski definition) is 6. The second-order valence-corrected chi connectivity index (χ2v) is 2.22. The molecule has 0 fully saturated rings. The van der Waals surface area contributed by atoms with Crippen LogP contribution >= 0.6 is 0 Å². The van der Waals surface area contributed by atoms with Gasteiger partial charge >= 0.3 is 23.9 Å². The standard InChI is InChI=1S/C10H8O6/c1-3-7(11)15-9(13)5-6-10(14)16-8(12)4-2/h3-6H,1-2H2/b6-5+. The van der Waals surface area contributed by atoms with Gasteiger partial charge < -0.3 is 9.47 Å². The van der Waals surface area contributed by atoms with Gasteiger partial charge in [-0.05, 0) is 0 Å². The van der Waals surface area contributed by atoms with E-state index < -0.39 is 23.9 Å². The molecule has 0 aliphatic rings. The van der Waals surface area contributed by atoms with Crippen LogP contribution in [-0.2, 0) is 28.7 Å². The van der Waals surface area contributed by atoms with Gasteiger partial charge in [0.25, 0.3) is 0 Å². The lowest BCUT2D eigenvalue weighted by molar-refractivity contribution is -0.155. The maximum absolute atomic E-state index is 10.8. The fraction of sp³-hybridized carbons (Fsp3) is 0. The monoisotopic (exact) mass is 224 g/mol. The summed E-state index contributed by atoms with van der Waals surface area (Å²) in [7, 11) is 0. The molecule has 0 saturated carbocycles. The first-order valence-corrected chi connectivity index (χ1v) is 3.94. The van der Waals surface area contributed by atoms with Crippen LogP contribution in [0.5, 0.6) is 0 Å². The van der Waals surface area contributed by atoms with Crippen molar-refractivity contribution in [2.45, 2.75) is 0 Å². The summed E-state index contributed by atoms with van der Waals surface area (Å²) in [5, 5.41) is 0. The molecule has 0 amide bonds. The molecule has 0 unspecified atom stereocenters.